The number of para-hydroxylation sites is 1. The molecule has 0 fully saturated rings. The van der Waals surface area contributed by atoms with Crippen LogP contribution in [-0.2, 0) is 0 Å². The molecule has 0 saturated carbocycles. The molecule has 0 N–H and O–H groups in total. The van der Waals surface area contributed by atoms with E-state index >= 15 is 0 Å². The number of ketones is 1. The number of carbonyl (C=O) groups is 1. The highest BCUT2D eigenvalue weighted by atomic mass is 35.5. The fourth-order valence-electron chi connectivity index (χ4n) is 2.08. The number of aromatic nitrogens is 2. The number of thioether (sulfide) groups is 1. The summed E-state index contributed by atoms with van der Waals surface area (Å²) in [5.41, 5.74) is 1.57. The molecule has 0 radical (unpaired) electrons. The molecule has 2 aromatic carbocycles. The number of carbonyl (C=O) groups excluding carboxylic acids is 1. The van der Waals surface area contributed by atoms with Crippen molar-refractivity contribution in [3.63, 3.8) is 0 Å². The summed E-state index contributed by atoms with van der Waals surface area (Å²) in [6.07, 6.45) is 3.62. The number of rotatable bonds is 5. The molecule has 3 aromatic rings. The van der Waals surface area contributed by atoms with Crippen molar-refractivity contribution in [1.29, 1.82) is 0 Å². The Morgan fingerprint density at radius 1 is 1.09 bits per heavy atom. The van der Waals surface area contributed by atoms with E-state index in [2.05, 4.69) is 4.98 Å². The van der Waals surface area contributed by atoms with Crippen molar-refractivity contribution in [3.05, 3.63) is 77.6 Å². The Hall–Kier alpha value is -2.04. The first-order chi connectivity index (χ1) is 10.8. The SMILES string of the molecule is O=C(CSc1nccn1-c1ccccc1)c1ccccc1Cl. The van der Waals surface area contributed by atoms with Gasteiger partial charge in [0.15, 0.2) is 10.9 Å². The second-order valence-electron chi connectivity index (χ2n) is 4.61. The average Bonchev–Trinajstić information content (AvgIpc) is 3.02. The van der Waals surface area contributed by atoms with Gasteiger partial charge in [-0.1, -0.05) is 53.7 Å². The predicted octanol–water partition coefficient (Wildman–Crippen LogP) is 4.50. The van der Waals surface area contributed by atoms with Gasteiger partial charge in [-0.25, -0.2) is 4.98 Å². The van der Waals surface area contributed by atoms with Crippen molar-refractivity contribution < 1.29 is 4.79 Å². The highest BCUT2D eigenvalue weighted by Crippen LogP contribution is 2.23. The van der Waals surface area contributed by atoms with Crippen molar-refractivity contribution in [2.24, 2.45) is 0 Å². The topological polar surface area (TPSA) is 34.9 Å². The molecule has 22 heavy (non-hydrogen) atoms. The minimum absolute atomic E-state index is 0.00166. The summed E-state index contributed by atoms with van der Waals surface area (Å²) in [5.74, 6) is 0.298. The lowest BCUT2D eigenvalue weighted by Gasteiger charge is -2.07. The molecule has 1 heterocycles. The molecule has 110 valence electrons. The van der Waals surface area contributed by atoms with E-state index < -0.39 is 0 Å². The molecule has 1 aromatic heterocycles. The van der Waals surface area contributed by atoms with Crippen LogP contribution in [0.2, 0.25) is 5.02 Å². The molecule has 5 heteroatoms. The number of benzene rings is 2. The number of Topliss-reactive ketones (excluding diaryl/α,β-unsaturated/α-hetero) is 1. The predicted molar refractivity (Wildman–Crippen MR) is 90.1 cm³/mol. The van der Waals surface area contributed by atoms with Crippen molar-refractivity contribution in [2.45, 2.75) is 5.16 Å². The van der Waals surface area contributed by atoms with E-state index in [1.54, 1.807) is 18.3 Å². The Morgan fingerprint density at radius 3 is 2.59 bits per heavy atom. The van der Waals surface area contributed by atoms with E-state index in [9.17, 15) is 4.79 Å². The summed E-state index contributed by atoms with van der Waals surface area (Å²) in [5, 5.41) is 1.27. The molecule has 3 nitrogen and oxygen atoms in total. The summed E-state index contributed by atoms with van der Waals surface area (Å²) in [6.45, 7) is 0. The second-order valence-corrected chi connectivity index (χ2v) is 5.96. The molecular weight excluding hydrogens is 316 g/mol. The minimum atomic E-state index is -0.00166. The van der Waals surface area contributed by atoms with E-state index in [0.717, 1.165) is 10.8 Å². The molecule has 0 bridgehead atoms. The third-order valence-electron chi connectivity index (χ3n) is 3.15. The van der Waals surface area contributed by atoms with E-state index in [4.69, 9.17) is 11.6 Å². The van der Waals surface area contributed by atoms with Crippen molar-refractivity contribution in [2.75, 3.05) is 5.75 Å². The van der Waals surface area contributed by atoms with Gasteiger partial charge in [0.05, 0.1) is 10.8 Å². The standard InChI is InChI=1S/C17H13ClN2OS/c18-15-9-5-4-8-14(15)16(21)12-22-17-19-10-11-20(17)13-6-2-1-3-7-13/h1-11H,12H2. The Kier molecular flexibility index (Phi) is 4.61. The van der Waals surface area contributed by atoms with Gasteiger partial charge < -0.3 is 0 Å². The van der Waals surface area contributed by atoms with Crippen LogP contribution in [0.4, 0.5) is 0 Å². The van der Waals surface area contributed by atoms with Crippen molar-refractivity contribution in [3.8, 4) is 5.69 Å². The van der Waals surface area contributed by atoms with Gasteiger partial charge >= 0.3 is 0 Å². The zero-order valence-corrected chi connectivity index (χ0v) is 13.2. The van der Waals surface area contributed by atoms with Crippen LogP contribution in [0.15, 0.2) is 72.1 Å². The molecule has 0 aliphatic heterocycles. The summed E-state index contributed by atoms with van der Waals surface area (Å²) in [6, 6.07) is 17.0. The zero-order valence-electron chi connectivity index (χ0n) is 11.6. The number of hydrogen-bond donors (Lipinski definition) is 0. The number of imidazole rings is 1. The van der Waals surface area contributed by atoms with Crippen LogP contribution < -0.4 is 0 Å². The maximum Gasteiger partial charge on any atom is 0.174 e. The summed E-state index contributed by atoms with van der Waals surface area (Å²) >= 11 is 7.46. The fourth-order valence-corrected chi connectivity index (χ4v) is 3.17. The third kappa shape index (κ3) is 3.24. The van der Waals surface area contributed by atoms with Crippen LogP contribution in [0.3, 0.4) is 0 Å². The first-order valence-electron chi connectivity index (χ1n) is 6.75. The molecule has 0 spiro atoms. The van der Waals surface area contributed by atoms with Crippen molar-refractivity contribution in [1.82, 2.24) is 9.55 Å². The Bertz CT molecular complexity index is 786. The molecule has 0 atom stereocenters. The summed E-state index contributed by atoms with van der Waals surface area (Å²) in [4.78, 5) is 16.6. The molecule has 0 unspecified atom stereocenters. The third-order valence-corrected chi connectivity index (χ3v) is 4.44. The number of nitrogens with zero attached hydrogens (tertiary/aromatic N) is 2. The van der Waals surface area contributed by atoms with Gasteiger partial charge in [-0.2, -0.15) is 0 Å². The van der Waals surface area contributed by atoms with Crippen LogP contribution >= 0.6 is 23.4 Å². The molecule has 0 amide bonds. The highest BCUT2D eigenvalue weighted by Gasteiger charge is 2.12. The van der Waals surface area contributed by atoms with E-state index in [1.807, 2.05) is 53.2 Å². The largest absolute Gasteiger partial charge is 0.295 e. The maximum atomic E-state index is 12.3. The smallest absolute Gasteiger partial charge is 0.174 e. The molecule has 3 rings (SSSR count). The molecular formula is C17H13ClN2OS. The Morgan fingerprint density at radius 2 is 1.82 bits per heavy atom. The van der Waals surface area contributed by atoms with Gasteiger partial charge in [0.25, 0.3) is 0 Å². The average molecular weight is 329 g/mol. The van der Waals surface area contributed by atoms with Crippen LogP contribution in [0.25, 0.3) is 5.69 Å². The lowest BCUT2D eigenvalue weighted by molar-refractivity contribution is 0.102. The van der Waals surface area contributed by atoms with Gasteiger partial charge in [-0.3, -0.25) is 9.36 Å². The fraction of sp³-hybridized carbons (Fsp3) is 0.0588. The molecule has 0 aliphatic carbocycles. The normalized spacial score (nSPS) is 10.6. The van der Waals surface area contributed by atoms with Crippen LogP contribution in [0.5, 0.6) is 0 Å². The first kappa shape index (κ1) is 14.9. The van der Waals surface area contributed by atoms with Crippen molar-refractivity contribution >= 4 is 29.1 Å². The van der Waals surface area contributed by atoms with Crippen LogP contribution in [-0.4, -0.2) is 21.1 Å². The Balaban J connectivity index is 1.75. The van der Waals surface area contributed by atoms with Gasteiger partial charge in [0.2, 0.25) is 0 Å². The lowest BCUT2D eigenvalue weighted by atomic mass is 10.1. The Labute approximate surface area is 138 Å². The first-order valence-corrected chi connectivity index (χ1v) is 8.11. The summed E-state index contributed by atoms with van der Waals surface area (Å²) < 4.78 is 1.96. The van der Waals surface area contributed by atoms with Gasteiger partial charge in [-0.15, -0.1) is 0 Å². The maximum absolute atomic E-state index is 12.3. The minimum Gasteiger partial charge on any atom is -0.295 e. The quantitative estimate of drug-likeness (QED) is 0.511. The van der Waals surface area contributed by atoms with Crippen LogP contribution in [0.1, 0.15) is 10.4 Å². The van der Waals surface area contributed by atoms with E-state index in [-0.39, 0.29) is 5.78 Å². The summed E-state index contributed by atoms with van der Waals surface area (Å²) in [7, 11) is 0. The second kappa shape index (κ2) is 6.81. The van der Waals surface area contributed by atoms with E-state index in [0.29, 0.717) is 16.3 Å². The van der Waals surface area contributed by atoms with E-state index in [1.165, 1.54) is 11.8 Å². The monoisotopic (exact) mass is 328 g/mol. The number of halogens is 1. The van der Waals surface area contributed by atoms with Gasteiger partial charge in [0.1, 0.15) is 0 Å². The molecule has 0 saturated heterocycles. The highest BCUT2D eigenvalue weighted by molar-refractivity contribution is 7.99. The zero-order chi connectivity index (χ0) is 15.4. The molecule has 0 aliphatic rings. The number of hydrogen-bond acceptors (Lipinski definition) is 3. The lowest BCUT2D eigenvalue weighted by Crippen LogP contribution is -2.04. The van der Waals surface area contributed by atoms with Gasteiger partial charge in [-0.05, 0) is 24.3 Å². The van der Waals surface area contributed by atoms with Gasteiger partial charge in [0, 0.05) is 23.6 Å². The van der Waals surface area contributed by atoms with Crippen LogP contribution in [0, 0.1) is 0 Å².